The number of fused-ring (bicyclic) bond motifs is 3. The molecule has 5 rings (SSSR count). The smallest absolute Gasteiger partial charge is 0.328 e. The molecular weight excluding hydrogens is 397 g/mol. The van der Waals surface area contributed by atoms with Crippen LogP contribution < -0.4 is 10.2 Å². The van der Waals surface area contributed by atoms with E-state index in [1.807, 2.05) is 18.2 Å². The van der Waals surface area contributed by atoms with Crippen LogP contribution in [0, 0.1) is 11.7 Å². The van der Waals surface area contributed by atoms with Gasteiger partial charge in [-0.1, -0.05) is 43.3 Å². The molecular formula is C23H26FN5O2. The minimum Gasteiger partial charge on any atom is -0.343 e. The van der Waals surface area contributed by atoms with Gasteiger partial charge in [0.25, 0.3) is 5.91 Å². The molecule has 0 saturated carbocycles. The summed E-state index contributed by atoms with van der Waals surface area (Å²) in [6.45, 7) is 3.68. The number of halogens is 1. The number of hydrogen-bond donors (Lipinski definition) is 1. The third kappa shape index (κ3) is 3.26. The van der Waals surface area contributed by atoms with E-state index in [4.69, 9.17) is 0 Å². The van der Waals surface area contributed by atoms with Crippen molar-refractivity contribution in [3.8, 4) is 0 Å². The molecule has 3 aliphatic heterocycles. The first-order valence-corrected chi connectivity index (χ1v) is 10.6. The lowest BCUT2D eigenvalue weighted by Gasteiger charge is -2.46. The third-order valence-electron chi connectivity index (χ3n) is 6.46. The minimum absolute atomic E-state index is 0.0750. The fourth-order valence-corrected chi connectivity index (χ4v) is 4.98. The predicted octanol–water partition coefficient (Wildman–Crippen LogP) is 2.26. The van der Waals surface area contributed by atoms with E-state index in [-0.39, 0.29) is 18.7 Å². The van der Waals surface area contributed by atoms with Gasteiger partial charge in [-0.15, -0.1) is 0 Å². The number of carbonyl (C=O) groups excluding carboxylic acids is 2. The molecule has 4 atom stereocenters. The number of para-hydroxylation sites is 1. The lowest BCUT2D eigenvalue weighted by atomic mass is 10.0. The highest BCUT2D eigenvalue weighted by molar-refractivity contribution is 6.00. The summed E-state index contributed by atoms with van der Waals surface area (Å²) < 4.78 is 14.2. The van der Waals surface area contributed by atoms with Crippen LogP contribution in [0.4, 0.5) is 14.9 Å². The fourth-order valence-electron chi connectivity index (χ4n) is 4.98. The second kappa shape index (κ2) is 7.62. The summed E-state index contributed by atoms with van der Waals surface area (Å²) in [5, 5.41) is 3.51. The maximum absolute atomic E-state index is 14.2. The van der Waals surface area contributed by atoms with Crippen molar-refractivity contribution in [2.75, 3.05) is 25.0 Å². The van der Waals surface area contributed by atoms with Crippen LogP contribution >= 0.6 is 0 Å². The van der Waals surface area contributed by atoms with Crippen molar-refractivity contribution in [2.24, 2.45) is 5.92 Å². The zero-order valence-electron chi connectivity index (χ0n) is 17.6. The average Bonchev–Trinajstić information content (AvgIpc) is 3.16. The topological polar surface area (TPSA) is 59.1 Å². The first kappa shape index (κ1) is 20.0. The van der Waals surface area contributed by atoms with Crippen molar-refractivity contribution < 1.29 is 14.0 Å². The van der Waals surface area contributed by atoms with E-state index in [1.165, 1.54) is 11.0 Å². The molecule has 3 aliphatic rings. The molecule has 31 heavy (non-hydrogen) atoms. The Kier molecular flexibility index (Phi) is 4.91. The zero-order chi connectivity index (χ0) is 21.7. The molecule has 0 radical (unpaired) electrons. The van der Waals surface area contributed by atoms with Gasteiger partial charge in [0.15, 0.2) is 0 Å². The van der Waals surface area contributed by atoms with Gasteiger partial charge in [0.1, 0.15) is 24.3 Å². The van der Waals surface area contributed by atoms with Crippen LogP contribution in [-0.2, 0) is 11.3 Å². The first-order valence-electron chi connectivity index (χ1n) is 10.6. The quantitative estimate of drug-likeness (QED) is 0.821. The van der Waals surface area contributed by atoms with Crippen LogP contribution in [0.25, 0.3) is 0 Å². The van der Waals surface area contributed by atoms with E-state index in [9.17, 15) is 14.0 Å². The number of nitrogens with one attached hydrogen (secondary N) is 1. The third-order valence-corrected chi connectivity index (χ3v) is 6.46. The fraction of sp³-hybridized carbons (Fsp3) is 0.391. The maximum Gasteiger partial charge on any atom is 0.328 e. The van der Waals surface area contributed by atoms with Crippen molar-refractivity contribution in [2.45, 2.75) is 32.0 Å². The minimum atomic E-state index is -0.520. The van der Waals surface area contributed by atoms with Crippen molar-refractivity contribution in [1.82, 2.24) is 20.0 Å². The molecule has 8 heteroatoms. The van der Waals surface area contributed by atoms with E-state index in [0.29, 0.717) is 11.5 Å². The van der Waals surface area contributed by atoms with Crippen molar-refractivity contribution in [3.05, 3.63) is 66.0 Å². The highest BCUT2D eigenvalue weighted by atomic mass is 19.1. The Balaban J connectivity index is 1.47. The molecule has 7 nitrogen and oxygen atoms in total. The molecule has 3 fully saturated rings. The van der Waals surface area contributed by atoms with Crippen LogP contribution in [0.15, 0.2) is 54.6 Å². The van der Waals surface area contributed by atoms with Crippen molar-refractivity contribution in [3.63, 3.8) is 0 Å². The van der Waals surface area contributed by atoms with Crippen molar-refractivity contribution >= 4 is 17.6 Å². The van der Waals surface area contributed by atoms with Gasteiger partial charge < -0.3 is 9.80 Å². The zero-order valence-corrected chi connectivity index (χ0v) is 17.6. The van der Waals surface area contributed by atoms with E-state index in [2.05, 4.69) is 34.2 Å². The summed E-state index contributed by atoms with van der Waals surface area (Å²) in [6.07, 6.45) is -0.625. The van der Waals surface area contributed by atoms with Gasteiger partial charge in [-0.25, -0.2) is 9.18 Å². The lowest BCUT2D eigenvalue weighted by Crippen LogP contribution is -2.66. The molecule has 0 bridgehead atoms. The van der Waals surface area contributed by atoms with Crippen LogP contribution in [0.3, 0.4) is 0 Å². The molecule has 3 heterocycles. The van der Waals surface area contributed by atoms with Gasteiger partial charge in [-0.2, -0.15) is 0 Å². The number of likely N-dealkylation sites (N-methyl/N-ethyl adjacent to an activating group) is 1. The summed E-state index contributed by atoms with van der Waals surface area (Å²) in [5.41, 5.74) is 1.40. The second-order valence-corrected chi connectivity index (χ2v) is 8.63. The molecule has 0 aromatic heterocycles. The average molecular weight is 423 g/mol. The molecule has 162 valence electrons. The Labute approximate surface area is 181 Å². The lowest BCUT2D eigenvalue weighted by molar-refractivity contribution is -0.139. The number of hydrogen-bond acceptors (Lipinski definition) is 5. The number of urea groups is 1. The van der Waals surface area contributed by atoms with E-state index < -0.39 is 24.1 Å². The molecule has 0 aliphatic carbocycles. The van der Waals surface area contributed by atoms with E-state index >= 15 is 0 Å². The Morgan fingerprint density at radius 1 is 1.03 bits per heavy atom. The maximum atomic E-state index is 14.2. The molecule has 1 N–H and O–H groups in total. The normalized spacial score (nSPS) is 28.7. The number of rotatable bonds is 3. The highest BCUT2D eigenvalue weighted by Crippen LogP contribution is 2.34. The summed E-state index contributed by atoms with van der Waals surface area (Å²) in [6, 6.07) is 15.4. The largest absolute Gasteiger partial charge is 0.343 e. The molecule has 3 saturated heterocycles. The number of amides is 3. The van der Waals surface area contributed by atoms with Gasteiger partial charge in [-0.05, 0) is 24.1 Å². The number of carbonyl (C=O) groups is 2. The van der Waals surface area contributed by atoms with E-state index in [1.54, 1.807) is 30.1 Å². The molecule has 2 aromatic carbocycles. The number of anilines is 1. The molecule has 3 amide bonds. The SMILES string of the molecule is CC1CN(c2ccccc2)C2NC3C(C(=O)N(Cc4ccccc4F)C(=O)N3C)N2C1. The highest BCUT2D eigenvalue weighted by Gasteiger charge is 2.56. The summed E-state index contributed by atoms with van der Waals surface area (Å²) in [4.78, 5) is 33.7. The van der Waals surface area contributed by atoms with Gasteiger partial charge in [-0.3, -0.25) is 19.9 Å². The number of imide groups is 1. The van der Waals surface area contributed by atoms with Crippen LogP contribution in [0.1, 0.15) is 12.5 Å². The summed E-state index contributed by atoms with van der Waals surface area (Å²) in [7, 11) is 1.70. The monoisotopic (exact) mass is 423 g/mol. The first-order chi connectivity index (χ1) is 15.0. The standard InChI is InChI=1S/C23H26FN5O2/c1-15-12-27(17-9-4-3-5-10-17)22-25-20-19(28(22)13-15)21(30)29(23(31)26(20)2)14-16-8-6-7-11-18(16)24/h3-11,15,19-20,22,25H,12-14H2,1-2H3. The Morgan fingerprint density at radius 2 is 1.74 bits per heavy atom. The summed E-state index contributed by atoms with van der Waals surface area (Å²) >= 11 is 0. The van der Waals surface area contributed by atoms with Crippen LogP contribution in [0.2, 0.25) is 0 Å². The molecule has 0 spiro atoms. The Hall–Kier alpha value is -2.97. The number of nitrogens with zero attached hydrogens (tertiary/aromatic N) is 4. The molecule has 4 unspecified atom stereocenters. The number of benzene rings is 2. The van der Waals surface area contributed by atoms with Crippen molar-refractivity contribution in [1.29, 1.82) is 0 Å². The Bertz CT molecular complexity index is 1000. The molecule has 2 aromatic rings. The van der Waals surface area contributed by atoms with Gasteiger partial charge in [0, 0.05) is 31.4 Å². The van der Waals surface area contributed by atoms with Crippen LogP contribution in [0.5, 0.6) is 0 Å². The summed E-state index contributed by atoms with van der Waals surface area (Å²) in [5.74, 6) is -0.363. The van der Waals surface area contributed by atoms with Gasteiger partial charge in [0.05, 0.1) is 6.54 Å². The predicted molar refractivity (Wildman–Crippen MR) is 114 cm³/mol. The van der Waals surface area contributed by atoms with Gasteiger partial charge in [0.2, 0.25) is 0 Å². The van der Waals surface area contributed by atoms with Crippen LogP contribution in [-0.4, -0.2) is 65.3 Å². The Morgan fingerprint density at radius 3 is 2.48 bits per heavy atom. The van der Waals surface area contributed by atoms with E-state index in [0.717, 1.165) is 18.8 Å². The van der Waals surface area contributed by atoms with Gasteiger partial charge >= 0.3 is 6.03 Å². The second-order valence-electron chi connectivity index (χ2n) is 8.63.